The molecule has 0 aromatic carbocycles. The SMILES string of the molecule is CC(CS)C(=O)N(C)C(C)C. The van der Waals surface area contributed by atoms with E-state index in [4.69, 9.17) is 0 Å². The number of nitrogens with zero attached hydrogens (tertiary/aromatic N) is 1. The highest BCUT2D eigenvalue weighted by Gasteiger charge is 2.17. The van der Waals surface area contributed by atoms with E-state index < -0.39 is 0 Å². The highest BCUT2D eigenvalue weighted by Crippen LogP contribution is 2.05. The maximum Gasteiger partial charge on any atom is 0.226 e. The van der Waals surface area contributed by atoms with Crippen LogP contribution in [0.2, 0.25) is 0 Å². The number of rotatable bonds is 3. The van der Waals surface area contributed by atoms with Gasteiger partial charge in [-0.15, -0.1) is 0 Å². The predicted octanol–water partition coefficient (Wildman–Crippen LogP) is 1.42. The van der Waals surface area contributed by atoms with E-state index >= 15 is 0 Å². The van der Waals surface area contributed by atoms with Crippen LogP contribution in [0.15, 0.2) is 0 Å². The van der Waals surface area contributed by atoms with Crippen molar-refractivity contribution in [3.05, 3.63) is 0 Å². The fourth-order valence-corrected chi connectivity index (χ4v) is 0.836. The Morgan fingerprint density at radius 2 is 1.91 bits per heavy atom. The molecular weight excluding hydrogens is 158 g/mol. The Balaban J connectivity index is 4.02. The summed E-state index contributed by atoms with van der Waals surface area (Å²) in [5, 5.41) is 0. The van der Waals surface area contributed by atoms with E-state index in [2.05, 4.69) is 12.6 Å². The summed E-state index contributed by atoms with van der Waals surface area (Å²) in [5.41, 5.74) is 0. The van der Waals surface area contributed by atoms with Crippen molar-refractivity contribution in [1.29, 1.82) is 0 Å². The van der Waals surface area contributed by atoms with Gasteiger partial charge in [0.15, 0.2) is 0 Å². The Labute approximate surface area is 74.4 Å². The van der Waals surface area contributed by atoms with Gasteiger partial charge in [-0.05, 0) is 13.8 Å². The minimum absolute atomic E-state index is 0.0331. The Bertz CT molecular complexity index is 136. The second-order valence-electron chi connectivity index (χ2n) is 3.13. The van der Waals surface area contributed by atoms with Crippen molar-refractivity contribution >= 4 is 18.5 Å². The van der Waals surface area contributed by atoms with Gasteiger partial charge >= 0.3 is 0 Å². The minimum Gasteiger partial charge on any atom is -0.343 e. The molecule has 0 aromatic heterocycles. The highest BCUT2D eigenvalue weighted by atomic mass is 32.1. The van der Waals surface area contributed by atoms with Crippen molar-refractivity contribution in [2.75, 3.05) is 12.8 Å². The van der Waals surface area contributed by atoms with E-state index in [1.165, 1.54) is 0 Å². The molecule has 0 heterocycles. The molecule has 0 aliphatic carbocycles. The van der Waals surface area contributed by atoms with Crippen LogP contribution in [0.25, 0.3) is 0 Å². The van der Waals surface area contributed by atoms with Gasteiger partial charge in [0.25, 0.3) is 0 Å². The van der Waals surface area contributed by atoms with Crippen molar-refractivity contribution in [2.45, 2.75) is 26.8 Å². The van der Waals surface area contributed by atoms with E-state index in [0.29, 0.717) is 5.75 Å². The zero-order chi connectivity index (χ0) is 9.02. The first kappa shape index (κ1) is 10.8. The molecule has 11 heavy (non-hydrogen) atoms. The maximum atomic E-state index is 11.4. The average Bonchev–Trinajstić information content (AvgIpc) is 2.00. The lowest BCUT2D eigenvalue weighted by Crippen LogP contribution is -2.37. The zero-order valence-electron chi connectivity index (χ0n) is 7.66. The molecular formula is C8H17NOS. The van der Waals surface area contributed by atoms with Gasteiger partial charge < -0.3 is 4.90 Å². The van der Waals surface area contributed by atoms with Gasteiger partial charge in [0.1, 0.15) is 0 Å². The first-order valence-corrected chi connectivity index (χ1v) is 4.51. The Kier molecular flexibility index (Phi) is 4.57. The summed E-state index contributed by atoms with van der Waals surface area (Å²) in [5.74, 6) is 0.830. The van der Waals surface area contributed by atoms with Crippen molar-refractivity contribution in [2.24, 2.45) is 5.92 Å². The molecule has 0 saturated carbocycles. The molecule has 1 atom stereocenters. The Morgan fingerprint density at radius 1 is 1.45 bits per heavy atom. The summed E-state index contributed by atoms with van der Waals surface area (Å²) in [7, 11) is 1.83. The van der Waals surface area contributed by atoms with E-state index in [1.807, 2.05) is 27.8 Å². The second kappa shape index (κ2) is 4.65. The van der Waals surface area contributed by atoms with Gasteiger partial charge in [-0.2, -0.15) is 12.6 Å². The predicted molar refractivity (Wildman–Crippen MR) is 50.9 cm³/mol. The van der Waals surface area contributed by atoms with Gasteiger partial charge in [-0.1, -0.05) is 6.92 Å². The number of hydrogen-bond donors (Lipinski definition) is 1. The molecule has 0 aromatic rings. The third-order valence-corrected chi connectivity index (χ3v) is 2.37. The van der Waals surface area contributed by atoms with Crippen LogP contribution < -0.4 is 0 Å². The molecule has 0 aliphatic heterocycles. The van der Waals surface area contributed by atoms with Crippen molar-refractivity contribution < 1.29 is 4.79 Å². The smallest absolute Gasteiger partial charge is 0.226 e. The van der Waals surface area contributed by atoms with Gasteiger partial charge in [0.2, 0.25) is 5.91 Å². The van der Waals surface area contributed by atoms with Crippen molar-refractivity contribution in [3.8, 4) is 0 Å². The molecule has 0 bridgehead atoms. The first-order valence-electron chi connectivity index (χ1n) is 3.88. The van der Waals surface area contributed by atoms with E-state index in [9.17, 15) is 4.79 Å². The van der Waals surface area contributed by atoms with Crippen LogP contribution in [0, 0.1) is 5.92 Å². The topological polar surface area (TPSA) is 20.3 Å². The number of carbonyl (C=O) groups excluding carboxylic acids is 1. The Morgan fingerprint density at radius 3 is 2.18 bits per heavy atom. The number of thiol groups is 1. The third kappa shape index (κ3) is 3.14. The fraction of sp³-hybridized carbons (Fsp3) is 0.875. The van der Waals surface area contributed by atoms with Crippen molar-refractivity contribution in [3.63, 3.8) is 0 Å². The van der Waals surface area contributed by atoms with Gasteiger partial charge in [-0.3, -0.25) is 4.79 Å². The molecule has 1 amide bonds. The van der Waals surface area contributed by atoms with Gasteiger partial charge in [0.05, 0.1) is 0 Å². The lowest BCUT2D eigenvalue weighted by atomic mass is 10.1. The molecule has 0 rings (SSSR count). The normalized spacial score (nSPS) is 13.3. The summed E-state index contributed by atoms with van der Waals surface area (Å²) in [6, 6.07) is 0.282. The molecule has 0 radical (unpaired) electrons. The number of carbonyl (C=O) groups is 1. The van der Waals surface area contributed by atoms with Crippen LogP contribution >= 0.6 is 12.6 Å². The van der Waals surface area contributed by atoms with Crippen molar-refractivity contribution in [1.82, 2.24) is 4.90 Å². The lowest BCUT2D eigenvalue weighted by Gasteiger charge is -2.24. The van der Waals surface area contributed by atoms with Crippen LogP contribution in [0.4, 0.5) is 0 Å². The quantitative estimate of drug-likeness (QED) is 0.643. The van der Waals surface area contributed by atoms with Crippen LogP contribution in [-0.4, -0.2) is 29.6 Å². The van der Waals surface area contributed by atoms with E-state index in [-0.39, 0.29) is 17.9 Å². The molecule has 0 fully saturated rings. The fourth-order valence-electron chi connectivity index (χ4n) is 0.680. The van der Waals surface area contributed by atoms with E-state index in [1.54, 1.807) is 4.90 Å². The van der Waals surface area contributed by atoms with Crippen LogP contribution in [0.5, 0.6) is 0 Å². The molecule has 3 heteroatoms. The number of amides is 1. The summed E-state index contributed by atoms with van der Waals surface area (Å²) < 4.78 is 0. The zero-order valence-corrected chi connectivity index (χ0v) is 8.56. The molecule has 2 nitrogen and oxygen atoms in total. The van der Waals surface area contributed by atoms with Crippen LogP contribution in [0.3, 0.4) is 0 Å². The minimum atomic E-state index is 0.0331. The standard InChI is InChI=1S/C8H17NOS/c1-6(2)9(4)8(10)7(3)5-11/h6-7,11H,5H2,1-4H3. The highest BCUT2D eigenvalue weighted by molar-refractivity contribution is 7.80. The van der Waals surface area contributed by atoms with Crippen LogP contribution in [-0.2, 0) is 4.79 Å². The van der Waals surface area contributed by atoms with E-state index in [0.717, 1.165) is 0 Å². The van der Waals surface area contributed by atoms with Gasteiger partial charge in [0, 0.05) is 24.8 Å². The second-order valence-corrected chi connectivity index (χ2v) is 3.49. The molecule has 0 N–H and O–H groups in total. The summed E-state index contributed by atoms with van der Waals surface area (Å²) in [6.07, 6.45) is 0. The molecule has 66 valence electrons. The summed E-state index contributed by atoms with van der Waals surface area (Å²) in [6.45, 7) is 5.90. The first-order chi connectivity index (χ1) is 5.00. The molecule has 0 saturated heterocycles. The largest absolute Gasteiger partial charge is 0.343 e. The summed E-state index contributed by atoms with van der Waals surface area (Å²) >= 11 is 4.07. The lowest BCUT2D eigenvalue weighted by molar-refractivity contribution is -0.134. The Hall–Kier alpha value is -0.180. The molecule has 0 aliphatic rings. The average molecular weight is 175 g/mol. The van der Waals surface area contributed by atoms with Crippen LogP contribution in [0.1, 0.15) is 20.8 Å². The molecule has 0 spiro atoms. The monoisotopic (exact) mass is 175 g/mol. The third-order valence-electron chi connectivity index (χ3n) is 1.82. The molecule has 1 unspecified atom stereocenters. The van der Waals surface area contributed by atoms with Gasteiger partial charge in [-0.25, -0.2) is 0 Å². The number of hydrogen-bond acceptors (Lipinski definition) is 2. The summed E-state index contributed by atoms with van der Waals surface area (Å²) in [4.78, 5) is 13.1. The maximum absolute atomic E-state index is 11.4.